The molecule has 1 heterocycles. The quantitative estimate of drug-likeness (QED) is 0.660. The van der Waals surface area contributed by atoms with Crippen LogP contribution in [0, 0.1) is 5.92 Å². The molecule has 0 aliphatic heterocycles. The fourth-order valence-electron chi connectivity index (χ4n) is 2.08. The van der Waals surface area contributed by atoms with Gasteiger partial charge in [0.1, 0.15) is 5.82 Å². The van der Waals surface area contributed by atoms with Gasteiger partial charge in [0, 0.05) is 12.4 Å². The summed E-state index contributed by atoms with van der Waals surface area (Å²) in [4.78, 5) is 7.35. The van der Waals surface area contributed by atoms with E-state index in [-0.39, 0.29) is 5.54 Å². The second-order valence-electron chi connectivity index (χ2n) is 3.77. The van der Waals surface area contributed by atoms with Crippen molar-refractivity contribution in [2.45, 2.75) is 31.7 Å². The summed E-state index contributed by atoms with van der Waals surface area (Å²) in [5.74, 6) is 1.50. The normalized spacial score (nSPS) is 35.7. The van der Waals surface area contributed by atoms with E-state index in [9.17, 15) is 0 Å². The molecule has 3 nitrogen and oxygen atoms in total. The van der Waals surface area contributed by atoms with Crippen molar-refractivity contribution in [1.29, 1.82) is 0 Å². The van der Waals surface area contributed by atoms with Gasteiger partial charge in [0.25, 0.3) is 0 Å². The summed E-state index contributed by atoms with van der Waals surface area (Å²) in [6.45, 7) is 2.20. The molecule has 3 heteroatoms. The third-order valence-corrected chi connectivity index (χ3v) is 3.05. The van der Waals surface area contributed by atoms with Crippen molar-refractivity contribution >= 4 is 0 Å². The lowest BCUT2D eigenvalue weighted by atomic mass is 9.89. The maximum absolute atomic E-state index is 6.27. The molecule has 2 atom stereocenters. The van der Waals surface area contributed by atoms with Gasteiger partial charge in [-0.25, -0.2) is 4.98 Å². The lowest BCUT2D eigenvalue weighted by molar-refractivity contribution is 0.331. The van der Waals surface area contributed by atoms with Crippen LogP contribution >= 0.6 is 0 Å². The minimum absolute atomic E-state index is 0.191. The third-order valence-electron chi connectivity index (χ3n) is 3.05. The maximum atomic E-state index is 6.27. The van der Waals surface area contributed by atoms with Crippen LogP contribution in [0.4, 0.5) is 0 Å². The number of hydrogen-bond acceptors (Lipinski definition) is 2. The van der Waals surface area contributed by atoms with Crippen molar-refractivity contribution in [3.63, 3.8) is 0 Å². The highest BCUT2D eigenvalue weighted by Crippen LogP contribution is 2.39. The zero-order valence-corrected chi connectivity index (χ0v) is 7.38. The van der Waals surface area contributed by atoms with Gasteiger partial charge in [0.15, 0.2) is 0 Å². The molecule has 0 saturated heterocycles. The Bertz CT molecular complexity index is 255. The van der Waals surface area contributed by atoms with E-state index in [2.05, 4.69) is 16.9 Å². The lowest BCUT2D eigenvalue weighted by Gasteiger charge is -2.26. The van der Waals surface area contributed by atoms with Gasteiger partial charge in [-0.1, -0.05) is 13.3 Å². The predicted molar refractivity (Wildman–Crippen MR) is 47.5 cm³/mol. The molecule has 0 bridgehead atoms. The van der Waals surface area contributed by atoms with E-state index in [0.29, 0.717) is 5.92 Å². The molecule has 0 spiro atoms. The van der Waals surface area contributed by atoms with E-state index in [1.807, 2.05) is 6.20 Å². The smallest absolute Gasteiger partial charge is 0.126 e. The van der Waals surface area contributed by atoms with Crippen molar-refractivity contribution in [3.8, 4) is 0 Å². The van der Waals surface area contributed by atoms with E-state index in [1.165, 1.54) is 12.8 Å². The number of nitrogens with one attached hydrogen (secondary N) is 1. The zero-order valence-electron chi connectivity index (χ0n) is 7.38. The first-order valence-corrected chi connectivity index (χ1v) is 4.52. The molecule has 12 heavy (non-hydrogen) atoms. The van der Waals surface area contributed by atoms with Gasteiger partial charge in [0.05, 0.1) is 5.54 Å². The first-order chi connectivity index (χ1) is 5.73. The van der Waals surface area contributed by atoms with E-state index in [0.717, 1.165) is 12.2 Å². The molecule has 1 fully saturated rings. The summed E-state index contributed by atoms with van der Waals surface area (Å²) in [5, 5.41) is 0. The average Bonchev–Trinajstić information content (AvgIpc) is 2.62. The molecule has 1 aliphatic carbocycles. The SMILES string of the molecule is C[C@H]1CCC[C@]1(N)c1ncc[nH]1. The number of nitrogens with two attached hydrogens (primary N) is 1. The van der Waals surface area contributed by atoms with Crippen molar-refractivity contribution in [2.24, 2.45) is 11.7 Å². The summed E-state index contributed by atoms with van der Waals surface area (Å²) >= 11 is 0. The average molecular weight is 165 g/mol. The summed E-state index contributed by atoms with van der Waals surface area (Å²) in [6, 6.07) is 0. The van der Waals surface area contributed by atoms with Crippen LogP contribution in [0.15, 0.2) is 12.4 Å². The Morgan fingerprint density at radius 3 is 3.08 bits per heavy atom. The fourth-order valence-corrected chi connectivity index (χ4v) is 2.08. The number of imidazole rings is 1. The topological polar surface area (TPSA) is 54.7 Å². The number of H-pyrrole nitrogens is 1. The molecule has 0 aromatic carbocycles. The molecular weight excluding hydrogens is 150 g/mol. The van der Waals surface area contributed by atoms with Crippen LogP contribution in [-0.2, 0) is 5.54 Å². The van der Waals surface area contributed by atoms with E-state index < -0.39 is 0 Å². The lowest BCUT2D eigenvalue weighted by Crippen LogP contribution is -2.40. The van der Waals surface area contributed by atoms with Crippen molar-refractivity contribution < 1.29 is 0 Å². The molecule has 1 saturated carbocycles. The Kier molecular flexibility index (Phi) is 1.68. The van der Waals surface area contributed by atoms with Gasteiger partial charge >= 0.3 is 0 Å². The minimum atomic E-state index is -0.191. The van der Waals surface area contributed by atoms with Gasteiger partial charge in [-0.2, -0.15) is 0 Å². The van der Waals surface area contributed by atoms with Gasteiger partial charge in [-0.15, -0.1) is 0 Å². The minimum Gasteiger partial charge on any atom is -0.347 e. The number of nitrogens with zero attached hydrogens (tertiary/aromatic N) is 1. The number of rotatable bonds is 1. The van der Waals surface area contributed by atoms with Crippen LogP contribution in [0.25, 0.3) is 0 Å². The summed E-state index contributed by atoms with van der Waals surface area (Å²) < 4.78 is 0. The van der Waals surface area contributed by atoms with E-state index in [4.69, 9.17) is 5.73 Å². The highest BCUT2D eigenvalue weighted by Gasteiger charge is 2.39. The van der Waals surface area contributed by atoms with Crippen LogP contribution in [0.5, 0.6) is 0 Å². The first kappa shape index (κ1) is 7.80. The highest BCUT2D eigenvalue weighted by atomic mass is 15.0. The molecule has 1 aliphatic rings. The summed E-state index contributed by atoms with van der Waals surface area (Å²) in [6.07, 6.45) is 7.11. The molecule has 0 amide bonds. The fraction of sp³-hybridized carbons (Fsp3) is 0.667. The summed E-state index contributed by atoms with van der Waals surface area (Å²) in [5.41, 5.74) is 6.08. The molecular formula is C9H15N3. The molecule has 2 rings (SSSR count). The monoisotopic (exact) mass is 165 g/mol. The van der Waals surface area contributed by atoms with Gasteiger partial charge in [0.2, 0.25) is 0 Å². The number of hydrogen-bond donors (Lipinski definition) is 2. The van der Waals surface area contributed by atoms with Crippen molar-refractivity contribution in [1.82, 2.24) is 9.97 Å². The molecule has 66 valence electrons. The first-order valence-electron chi connectivity index (χ1n) is 4.52. The summed E-state index contributed by atoms with van der Waals surface area (Å²) in [7, 11) is 0. The van der Waals surface area contributed by atoms with Crippen LogP contribution < -0.4 is 5.73 Å². The Morgan fingerprint density at radius 2 is 2.58 bits per heavy atom. The van der Waals surface area contributed by atoms with Crippen molar-refractivity contribution in [3.05, 3.63) is 18.2 Å². The van der Waals surface area contributed by atoms with Crippen LogP contribution in [0.2, 0.25) is 0 Å². The maximum Gasteiger partial charge on any atom is 0.126 e. The molecule has 1 aromatic rings. The van der Waals surface area contributed by atoms with Crippen LogP contribution in [0.3, 0.4) is 0 Å². The zero-order chi connectivity index (χ0) is 8.60. The largest absolute Gasteiger partial charge is 0.347 e. The Balaban J connectivity index is 2.32. The Morgan fingerprint density at radius 1 is 1.75 bits per heavy atom. The van der Waals surface area contributed by atoms with Gasteiger partial charge in [-0.05, 0) is 18.8 Å². The van der Waals surface area contributed by atoms with Crippen LogP contribution in [0.1, 0.15) is 32.0 Å². The molecule has 1 aromatic heterocycles. The highest BCUT2D eigenvalue weighted by molar-refractivity contribution is 5.09. The van der Waals surface area contributed by atoms with E-state index in [1.54, 1.807) is 6.20 Å². The van der Waals surface area contributed by atoms with Gasteiger partial charge < -0.3 is 10.7 Å². The second-order valence-corrected chi connectivity index (χ2v) is 3.77. The number of aromatic nitrogens is 2. The third kappa shape index (κ3) is 0.966. The number of aromatic amines is 1. The molecule has 3 N–H and O–H groups in total. The predicted octanol–water partition coefficient (Wildman–Crippen LogP) is 1.38. The Hall–Kier alpha value is -0.830. The van der Waals surface area contributed by atoms with Gasteiger partial charge in [-0.3, -0.25) is 0 Å². The second kappa shape index (κ2) is 2.59. The Labute approximate surface area is 72.4 Å². The van der Waals surface area contributed by atoms with Crippen LogP contribution in [-0.4, -0.2) is 9.97 Å². The molecule has 0 unspecified atom stereocenters. The standard InChI is InChI=1S/C9H15N3/c1-7-3-2-4-9(7,10)8-11-5-6-12-8/h5-7H,2-4,10H2,1H3,(H,11,12)/t7-,9+/m0/s1. The molecule has 0 radical (unpaired) electrons. The van der Waals surface area contributed by atoms with Crippen molar-refractivity contribution in [2.75, 3.05) is 0 Å². The van der Waals surface area contributed by atoms with E-state index >= 15 is 0 Å².